The van der Waals surface area contributed by atoms with Crippen molar-refractivity contribution >= 4 is 17.5 Å². The number of nitrogens with one attached hydrogen (secondary N) is 1. The fourth-order valence-electron chi connectivity index (χ4n) is 1.96. The number of anilines is 1. The fraction of sp³-hybridized carbons (Fsp3) is 0.357. The summed E-state index contributed by atoms with van der Waals surface area (Å²) in [7, 11) is 3.30. The average Bonchev–Trinajstić information content (AvgIpc) is 2.43. The van der Waals surface area contributed by atoms with Gasteiger partial charge >= 0.3 is 0 Å². The Bertz CT molecular complexity index is 494. The molecule has 0 saturated heterocycles. The standard InChI is InChI=1S/C14H19F2N3/c1-4-9-5-11(10(7-17)8-18-2)12(14(15)16)6-13(9)19-3/h5-8,14,19H,4,17H2,1-3H3/b10-7+,18-8?. The third-order valence-corrected chi connectivity index (χ3v) is 2.92. The number of nitrogens with two attached hydrogens (primary N) is 1. The Morgan fingerprint density at radius 3 is 2.58 bits per heavy atom. The van der Waals surface area contributed by atoms with Crippen LogP contribution in [0, 0.1) is 0 Å². The van der Waals surface area contributed by atoms with E-state index in [1.807, 2.05) is 6.92 Å². The molecule has 3 N–H and O–H groups in total. The Morgan fingerprint density at radius 1 is 1.47 bits per heavy atom. The highest BCUT2D eigenvalue weighted by Crippen LogP contribution is 2.32. The van der Waals surface area contributed by atoms with Crippen molar-refractivity contribution < 1.29 is 8.78 Å². The lowest BCUT2D eigenvalue weighted by Gasteiger charge is -2.15. The van der Waals surface area contributed by atoms with E-state index in [0.717, 1.165) is 12.0 Å². The smallest absolute Gasteiger partial charge is 0.264 e. The molecule has 0 heterocycles. The van der Waals surface area contributed by atoms with Crippen LogP contribution in [0.5, 0.6) is 0 Å². The molecule has 0 aliphatic heterocycles. The van der Waals surface area contributed by atoms with Crippen molar-refractivity contribution in [3.63, 3.8) is 0 Å². The number of hydrogen-bond donors (Lipinski definition) is 2. The van der Waals surface area contributed by atoms with E-state index < -0.39 is 6.43 Å². The van der Waals surface area contributed by atoms with Crippen LogP contribution in [0.1, 0.15) is 30.0 Å². The maximum atomic E-state index is 13.2. The minimum absolute atomic E-state index is 0.0434. The van der Waals surface area contributed by atoms with Gasteiger partial charge in [-0.05, 0) is 29.7 Å². The number of benzene rings is 1. The first-order valence-electron chi connectivity index (χ1n) is 6.06. The predicted octanol–water partition coefficient (Wildman–Crippen LogP) is 3.23. The normalized spacial score (nSPS) is 12.4. The molecule has 0 radical (unpaired) electrons. The summed E-state index contributed by atoms with van der Waals surface area (Å²) >= 11 is 0. The quantitative estimate of drug-likeness (QED) is 0.805. The van der Waals surface area contributed by atoms with Gasteiger partial charge in [0.25, 0.3) is 6.43 Å². The van der Waals surface area contributed by atoms with Gasteiger partial charge in [0, 0.05) is 43.3 Å². The van der Waals surface area contributed by atoms with E-state index in [-0.39, 0.29) is 5.56 Å². The van der Waals surface area contributed by atoms with Gasteiger partial charge < -0.3 is 11.1 Å². The molecular weight excluding hydrogens is 248 g/mol. The van der Waals surface area contributed by atoms with Gasteiger partial charge in [-0.3, -0.25) is 4.99 Å². The van der Waals surface area contributed by atoms with Crippen LogP contribution in [0.3, 0.4) is 0 Å². The van der Waals surface area contributed by atoms with Gasteiger partial charge in [0.2, 0.25) is 0 Å². The molecule has 104 valence electrons. The maximum absolute atomic E-state index is 13.2. The van der Waals surface area contributed by atoms with Gasteiger partial charge in [0.05, 0.1) is 0 Å². The number of hydrogen-bond acceptors (Lipinski definition) is 3. The summed E-state index contributed by atoms with van der Waals surface area (Å²) < 4.78 is 26.4. The Kier molecular flexibility index (Phi) is 5.48. The van der Waals surface area contributed by atoms with Crippen LogP contribution in [-0.4, -0.2) is 20.3 Å². The Hall–Kier alpha value is -1.91. The molecule has 0 aliphatic rings. The lowest BCUT2D eigenvalue weighted by atomic mass is 9.95. The molecule has 1 rings (SSSR count). The zero-order valence-electron chi connectivity index (χ0n) is 11.4. The zero-order valence-corrected chi connectivity index (χ0v) is 11.4. The van der Waals surface area contributed by atoms with Gasteiger partial charge in [0.1, 0.15) is 0 Å². The lowest BCUT2D eigenvalue weighted by Crippen LogP contribution is -2.03. The number of nitrogens with zero attached hydrogens (tertiary/aromatic N) is 1. The van der Waals surface area contributed by atoms with Crippen LogP contribution in [0.2, 0.25) is 0 Å². The highest BCUT2D eigenvalue weighted by Gasteiger charge is 2.17. The summed E-state index contributed by atoms with van der Waals surface area (Å²) in [5.74, 6) is 0. The van der Waals surface area contributed by atoms with Crippen LogP contribution >= 0.6 is 0 Å². The van der Waals surface area contributed by atoms with Crippen LogP contribution < -0.4 is 11.1 Å². The van der Waals surface area contributed by atoms with Gasteiger partial charge in [-0.25, -0.2) is 8.78 Å². The SMILES string of the molecule is CCc1cc(/C(C=NC)=C/N)c(C(F)F)cc1NC. The maximum Gasteiger partial charge on any atom is 0.264 e. The van der Waals surface area contributed by atoms with Crippen molar-refractivity contribution in [3.8, 4) is 0 Å². The van der Waals surface area contributed by atoms with E-state index in [9.17, 15) is 8.78 Å². The van der Waals surface area contributed by atoms with E-state index in [1.165, 1.54) is 18.5 Å². The number of halogens is 2. The molecule has 1 aromatic carbocycles. The summed E-state index contributed by atoms with van der Waals surface area (Å²) in [6.45, 7) is 1.97. The highest BCUT2D eigenvalue weighted by atomic mass is 19.3. The molecule has 1 aromatic rings. The van der Waals surface area contributed by atoms with Crippen molar-refractivity contribution in [2.45, 2.75) is 19.8 Å². The van der Waals surface area contributed by atoms with Crippen LogP contribution in [0.25, 0.3) is 5.57 Å². The van der Waals surface area contributed by atoms with Gasteiger partial charge in [-0.1, -0.05) is 6.92 Å². The number of aryl methyl sites for hydroxylation is 1. The van der Waals surface area contributed by atoms with Gasteiger partial charge in [0.15, 0.2) is 0 Å². The molecular formula is C14H19F2N3. The van der Waals surface area contributed by atoms with E-state index in [0.29, 0.717) is 16.8 Å². The van der Waals surface area contributed by atoms with Crippen molar-refractivity contribution in [1.82, 2.24) is 0 Å². The molecule has 0 unspecified atom stereocenters. The molecule has 0 aliphatic carbocycles. The predicted molar refractivity (Wildman–Crippen MR) is 76.9 cm³/mol. The topological polar surface area (TPSA) is 50.4 Å². The minimum atomic E-state index is -2.56. The summed E-state index contributed by atoms with van der Waals surface area (Å²) in [6, 6.07) is 3.22. The molecule has 5 heteroatoms. The number of allylic oxidation sites excluding steroid dienone is 1. The number of rotatable bonds is 5. The van der Waals surface area contributed by atoms with E-state index >= 15 is 0 Å². The molecule has 0 aromatic heterocycles. The second-order valence-electron chi connectivity index (χ2n) is 4.01. The molecule has 0 atom stereocenters. The Morgan fingerprint density at radius 2 is 2.16 bits per heavy atom. The Labute approximate surface area is 112 Å². The van der Waals surface area contributed by atoms with Crippen LogP contribution in [0.15, 0.2) is 23.3 Å². The second kappa shape index (κ2) is 6.87. The third kappa shape index (κ3) is 3.30. The van der Waals surface area contributed by atoms with Crippen molar-refractivity contribution in [2.24, 2.45) is 10.7 Å². The summed E-state index contributed by atoms with van der Waals surface area (Å²) in [6.07, 6.45) is 0.966. The van der Waals surface area contributed by atoms with E-state index in [2.05, 4.69) is 10.3 Å². The first kappa shape index (κ1) is 15.1. The van der Waals surface area contributed by atoms with Crippen LogP contribution in [0.4, 0.5) is 14.5 Å². The molecule has 0 spiro atoms. The third-order valence-electron chi connectivity index (χ3n) is 2.92. The monoisotopic (exact) mass is 267 g/mol. The summed E-state index contributed by atoms with van der Waals surface area (Å²) in [4.78, 5) is 3.85. The van der Waals surface area contributed by atoms with Crippen LogP contribution in [-0.2, 0) is 6.42 Å². The first-order valence-corrected chi connectivity index (χ1v) is 6.06. The average molecular weight is 267 g/mol. The second-order valence-corrected chi connectivity index (χ2v) is 4.01. The van der Waals surface area contributed by atoms with Gasteiger partial charge in [-0.2, -0.15) is 0 Å². The van der Waals surface area contributed by atoms with E-state index in [4.69, 9.17) is 5.73 Å². The zero-order chi connectivity index (χ0) is 14.4. The first-order chi connectivity index (χ1) is 9.08. The minimum Gasteiger partial charge on any atom is -0.404 e. The number of aliphatic imine (C=N–C) groups is 1. The Balaban J connectivity index is 3.51. The lowest BCUT2D eigenvalue weighted by molar-refractivity contribution is 0.151. The summed E-state index contributed by atoms with van der Waals surface area (Å²) in [5.41, 5.74) is 8.07. The molecule has 0 saturated carbocycles. The molecule has 0 bridgehead atoms. The highest BCUT2D eigenvalue weighted by molar-refractivity contribution is 6.10. The summed E-state index contributed by atoms with van der Waals surface area (Å²) in [5, 5.41) is 2.94. The number of alkyl halides is 2. The van der Waals surface area contributed by atoms with Crippen molar-refractivity contribution in [1.29, 1.82) is 0 Å². The van der Waals surface area contributed by atoms with Crippen molar-refractivity contribution in [3.05, 3.63) is 35.0 Å². The molecule has 19 heavy (non-hydrogen) atoms. The fourth-order valence-corrected chi connectivity index (χ4v) is 1.96. The van der Waals surface area contributed by atoms with Crippen molar-refractivity contribution in [2.75, 3.05) is 19.4 Å². The van der Waals surface area contributed by atoms with E-state index in [1.54, 1.807) is 20.2 Å². The molecule has 0 fully saturated rings. The van der Waals surface area contributed by atoms with Gasteiger partial charge in [-0.15, -0.1) is 0 Å². The largest absolute Gasteiger partial charge is 0.404 e. The molecule has 0 amide bonds. The molecule has 3 nitrogen and oxygen atoms in total.